The molecular formula is C23H28N6O3S. The van der Waals surface area contributed by atoms with Crippen LogP contribution in [0.5, 0.6) is 11.5 Å². The van der Waals surface area contributed by atoms with Crippen LogP contribution >= 0.6 is 11.8 Å². The predicted octanol–water partition coefficient (Wildman–Crippen LogP) is 3.00. The first-order chi connectivity index (χ1) is 16.1. The second kappa shape index (κ2) is 10.6. The molecule has 10 heteroatoms. The summed E-state index contributed by atoms with van der Waals surface area (Å²) in [5.41, 5.74) is 1.64. The third kappa shape index (κ3) is 5.22. The lowest BCUT2D eigenvalue weighted by molar-refractivity contribution is -0.116. The van der Waals surface area contributed by atoms with Gasteiger partial charge in [0.25, 0.3) is 0 Å². The van der Waals surface area contributed by atoms with Gasteiger partial charge in [0.2, 0.25) is 5.91 Å². The third-order valence-corrected chi connectivity index (χ3v) is 6.05. The van der Waals surface area contributed by atoms with Gasteiger partial charge in [-0.15, -0.1) is 0 Å². The monoisotopic (exact) mass is 468 g/mol. The van der Waals surface area contributed by atoms with Crippen LogP contribution in [0.1, 0.15) is 18.4 Å². The SMILES string of the molecule is COc1ccc(C=CC(=O)NCCn2ncc3c(N4CCCC4)nc(SC)nc32)cc1OC. The molecule has 1 saturated heterocycles. The molecule has 33 heavy (non-hydrogen) atoms. The van der Waals surface area contributed by atoms with Gasteiger partial charge in [-0.1, -0.05) is 17.8 Å². The number of carbonyl (C=O) groups excluding carboxylic acids is 1. The lowest BCUT2D eigenvalue weighted by atomic mass is 10.2. The molecule has 9 nitrogen and oxygen atoms in total. The number of fused-ring (bicyclic) bond motifs is 1. The molecular weight excluding hydrogens is 440 g/mol. The molecule has 0 saturated carbocycles. The van der Waals surface area contributed by atoms with Gasteiger partial charge in [0.05, 0.1) is 32.3 Å². The Morgan fingerprint density at radius 1 is 1.18 bits per heavy atom. The van der Waals surface area contributed by atoms with Gasteiger partial charge >= 0.3 is 0 Å². The van der Waals surface area contributed by atoms with Crippen molar-refractivity contribution in [2.45, 2.75) is 24.5 Å². The number of hydrogen-bond acceptors (Lipinski definition) is 8. The highest BCUT2D eigenvalue weighted by atomic mass is 32.2. The Hall–Kier alpha value is -3.27. The van der Waals surface area contributed by atoms with E-state index in [-0.39, 0.29) is 5.91 Å². The molecule has 0 spiro atoms. The number of methoxy groups -OCH3 is 2. The number of benzene rings is 1. The smallest absolute Gasteiger partial charge is 0.244 e. The summed E-state index contributed by atoms with van der Waals surface area (Å²) in [5, 5.41) is 9.10. The molecule has 1 aromatic carbocycles. The van der Waals surface area contributed by atoms with Crippen LogP contribution in [0.3, 0.4) is 0 Å². The standard InChI is InChI=1S/C23H28N6O3S/c1-31-18-8-6-16(14-19(18)32-2)7-9-20(30)24-10-13-29-22-17(15-25-29)21(26-23(27-22)33-3)28-11-4-5-12-28/h6-9,14-15H,4-5,10-13H2,1-3H3,(H,24,30). The lowest BCUT2D eigenvalue weighted by Crippen LogP contribution is -2.26. The molecule has 4 rings (SSSR count). The van der Waals surface area contributed by atoms with E-state index in [0.29, 0.717) is 24.6 Å². The van der Waals surface area contributed by atoms with Crippen molar-refractivity contribution >= 4 is 40.6 Å². The number of anilines is 1. The van der Waals surface area contributed by atoms with Gasteiger partial charge in [0.15, 0.2) is 22.3 Å². The molecule has 3 heterocycles. The number of rotatable bonds is 9. The summed E-state index contributed by atoms with van der Waals surface area (Å²) in [5.74, 6) is 2.03. The van der Waals surface area contributed by atoms with Crippen molar-refractivity contribution in [3.8, 4) is 11.5 Å². The fourth-order valence-corrected chi connectivity index (χ4v) is 4.17. The Morgan fingerprint density at radius 3 is 2.70 bits per heavy atom. The molecule has 1 N–H and O–H groups in total. The molecule has 1 amide bonds. The normalized spacial score (nSPS) is 13.7. The zero-order chi connectivity index (χ0) is 23.2. The molecule has 0 unspecified atom stereocenters. The maximum absolute atomic E-state index is 12.3. The molecule has 1 aliphatic rings. The van der Waals surface area contributed by atoms with Crippen molar-refractivity contribution in [2.24, 2.45) is 0 Å². The van der Waals surface area contributed by atoms with Crippen LogP contribution in [0.4, 0.5) is 5.82 Å². The van der Waals surface area contributed by atoms with Crippen molar-refractivity contribution in [3.05, 3.63) is 36.0 Å². The predicted molar refractivity (Wildman–Crippen MR) is 130 cm³/mol. The number of thioether (sulfide) groups is 1. The van der Waals surface area contributed by atoms with Crippen molar-refractivity contribution in [3.63, 3.8) is 0 Å². The fraction of sp³-hybridized carbons (Fsp3) is 0.391. The van der Waals surface area contributed by atoms with Crippen molar-refractivity contribution in [2.75, 3.05) is 45.0 Å². The number of ether oxygens (including phenoxy) is 2. The molecule has 1 fully saturated rings. The highest BCUT2D eigenvalue weighted by Gasteiger charge is 2.20. The number of aromatic nitrogens is 4. The van der Waals surface area contributed by atoms with Crippen molar-refractivity contribution < 1.29 is 14.3 Å². The molecule has 0 bridgehead atoms. The van der Waals surface area contributed by atoms with Crippen LogP contribution in [0.15, 0.2) is 35.6 Å². The van der Waals surface area contributed by atoms with E-state index < -0.39 is 0 Å². The molecule has 0 atom stereocenters. The van der Waals surface area contributed by atoms with Crippen LogP contribution in [0.2, 0.25) is 0 Å². The summed E-state index contributed by atoms with van der Waals surface area (Å²) in [6.45, 7) is 2.97. The average molecular weight is 469 g/mol. The van der Waals surface area contributed by atoms with Gasteiger partial charge in [-0.25, -0.2) is 14.6 Å². The number of nitrogens with zero attached hydrogens (tertiary/aromatic N) is 5. The fourth-order valence-electron chi connectivity index (χ4n) is 3.82. The molecule has 174 valence electrons. The van der Waals surface area contributed by atoms with E-state index in [2.05, 4.69) is 20.3 Å². The summed E-state index contributed by atoms with van der Waals surface area (Å²) in [7, 11) is 3.17. The van der Waals surface area contributed by atoms with E-state index in [4.69, 9.17) is 14.5 Å². The van der Waals surface area contributed by atoms with Crippen molar-refractivity contribution in [1.82, 2.24) is 25.1 Å². The van der Waals surface area contributed by atoms with E-state index in [0.717, 1.165) is 40.7 Å². The highest BCUT2D eigenvalue weighted by molar-refractivity contribution is 7.98. The van der Waals surface area contributed by atoms with Crippen LogP contribution in [0.25, 0.3) is 17.1 Å². The van der Waals surface area contributed by atoms with Crippen molar-refractivity contribution in [1.29, 1.82) is 0 Å². The highest BCUT2D eigenvalue weighted by Crippen LogP contribution is 2.29. The second-order valence-corrected chi connectivity index (χ2v) is 8.35. The van der Waals surface area contributed by atoms with Crippen LogP contribution in [-0.2, 0) is 11.3 Å². The second-order valence-electron chi connectivity index (χ2n) is 7.57. The van der Waals surface area contributed by atoms with E-state index in [1.54, 1.807) is 26.4 Å². The van der Waals surface area contributed by atoms with Crippen LogP contribution in [0, 0.1) is 0 Å². The van der Waals surface area contributed by atoms with Gasteiger partial charge in [-0.3, -0.25) is 4.79 Å². The number of hydrogen-bond donors (Lipinski definition) is 1. The first-order valence-corrected chi connectivity index (χ1v) is 12.1. The summed E-state index contributed by atoms with van der Waals surface area (Å²) in [6.07, 6.45) is 9.39. The van der Waals surface area contributed by atoms with Gasteiger partial charge in [0.1, 0.15) is 5.82 Å². The lowest BCUT2D eigenvalue weighted by Gasteiger charge is -2.17. The van der Waals surface area contributed by atoms with E-state index >= 15 is 0 Å². The molecule has 2 aromatic heterocycles. The maximum Gasteiger partial charge on any atom is 0.244 e. The minimum Gasteiger partial charge on any atom is -0.493 e. The molecule has 0 radical (unpaired) electrons. The zero-order valence-corrected chi connectivity index (χ0v) is 19.9. The van der Waals surface area contributed by atoms with Gasteiger partial charge in [0, 0.05) is 25.7 Å². The van der Waals surface area contributed by atoms with Gasteiger partial charge < -0.3 is 19.7 Å². The third-order valence-electron chi connectivity index (χ3n) is 5.50. The average Bonchev–Trinajstić information content (AvgIpc) is 3.52. The molecule has 0 aliphatic carbocycles. The largest absolute Gasteiger partial charge is 0.493 e. The topological polar surface area (TPSA) is 94.4 Å². The Kier molecular flexibility index (Phi) is 7.33. The number of carbonyl (C=O) groups is 1. The van der Waals surface area contributed by atoms with Gasteiger partial charge in [-0.05, 0) is 42.9 Å². The zero-order valence-electron chi connectivity index (χ0n) is 19.1. The summed E-state index contributed by atoms with van der Waals surface area (Å²) < 4.78 is 12.4. The molecule has 1 aliphatic heterocycles. The number of amides is 1. The van der Waals surface area contributed by atoms with Crippen LogP contribution in [-0.4, -0.2) is 65.8 Å². The Morgan fingerprint density at radius 2 is 1.97 bits per heavy atom. The summed E-state index contributed by atoms with van der Waals surface area (Å²) in [6, 6.07) is 5.49. The van der Waals surface area contributed by atoms with Gasteiger partial charge in [-0.2, -0.15) is 5.10 Å². The van der Waals surface area contributed by atoms with E-state index in [9.17, 15) is 4.79 Å². The summed E-state index contributed by atoms with van der Waals surface area (Å²) >= 11 is 1.52. The van der Waals surface area contributed by atoms with Crippen LogP contribution < -0.4 is 19.7 Å². The quantitative estimate of drug-likeness (QED) is 0.291. The Balaban J connectivity index is 1.40. The molecule has 3 aromatic rings. The van der Waals surface area contributed by atoms with E-state index in [1.807, 2.05) is 29.3 Å². The maximum atomic E-state index is 12.3. The first-order valence-electron chi connectivity index (χ1n) is 10.8. The number of nitrogens with one attached hydrogen (secondary N) is 1. The first kappa shape index (κ1) is 22.9. The Bertz CT molecular complexity index is 1160. The van der Waals surface area contributed by atoms with E-state index in [1.165, 1.54) is 30.7 Å². The summed E-state index contributed by atoms with van der Waals surface area (Å²) in [4.78, 5) is 24.0. The minimum atomic E-state index is -0.182. The Labute approximate surface area is 197 Å². The minimum absolute atomic E-state index is 0.182.